The van der Waals surface area contributed by atoms with Crippen molar-refractivity contribution in [1.29, 1.82) is 0 Å². The minimum absolute atomic E-state index is 0.0164. The monoisotopic (exact) mass is 374 g/mol. The Morgan fingerprint density at radius 1 is 1.07 bits per heavy atom. The number of hydrogen-bond donors (Lipinski definition) is 2. The molecule has 2 fully saturated rings. The molecule has 1 saturated carbocycles. The van der Waals surface area contributed by atoms with E-state index in [1.807, 2.05) is 13.8 Å². The number of nitrogens with one attached hydrogen (secondary N) is 1. The second-order valence-electron chi connectivity index (χ2n) is 8.31. The Morgan fingerprint density at radius 2 is 1.67 bits per heavy atom. The van der Waals surface area contributed by atoms with Gasteiger partial charge >= 0.3 is 0 Å². The Balaban J connectivity index is 1.56. The molecule has 1 aliphatic carbocycles. The van der Waals surface area contributed by atoms with Crippen molar-refractivity contribution in [2.75, 3.05) is 26.2 Å². The lowest BCUT2D eigenvalue weighted by atomic mass is 9.79. The Labute approximate surface area is 163 Å². The van der Waals surface area contributed by atoms with E-state index in [0.29, 0.717) is 5.75 Å². The molecule has 0 aromatic heterocycles. The fourth-order valence-electron chi connectivity index (χ4n) is 4.79. The number of ether oxygens (including phenoxy) is 1. The number of carbonyl (C=O) groups excluding carboxylic acids is 1. The van der Waals surface area contributed by atoms with Crippen LogP contribution in [-0.4, -0.2) is 47.7 Å². The summed E-state index contributed by atoms with van der Waals surface area (Å²) >= 11 is 0. The van der Waals surface area contributed by atoms with Crippen molar-refractivity contribution in [3.63, 3.8) is 0 Å². The van der Waals surface area contributed by atoms with Crippen molar-refractivity contribution in [3.8, 4) is 11.5 Å². The topological polar surface area (TPSA) is 61.8 Å². The van der Waals surface area contributed by atoms with Gasteiger partial charge in [0.1, 0.15) is 11.5 Å². The third kappa shape index (κ3) is 4.95. The van der Waals surface area contributed by atoms with Crippen LogP contribution in [0.3, 0.4) is 0 Å². The van der Waals surface area contributed by atoms with E-state index >= 15 is 0 Å². The molecular formula is C22H34N2O3. The maximum atomic E-state index is 12.5. The van der Waals surface area contributed by atoms with Gasteiger partial charge < -0.3 is 15.2 Å². The zero-order valence-corrected chi connectivity index (χ0v) is 16.9. The molecule has 1 heterocycles. The Kier molecular flexibility index (Phi) is 6.64. The molecule has 1 saturated heterocycles. The number of carbonyl (C=O) groups is 1. The number of hydrogen-bond acceptors (Lipinski definition) is 4. The van der Waals surface area contributed by atoms with E-state index in [0.717, 1.165) is 30.8 Å². The summed E-state index contributed by atoms with van der Waals surface area (Å²) in [5, 5.41) is 12.8. The average Bonchev–Trinajstić information content (AvgIpc) is 2.67. The molecule has 1 aliphatic heterocycles. The van der Waals surface area contributed by atoms with Gasteiger partial charge in [-0.15, -0.1) is 0 Å². The third-order valence-corrected chi connectivity index (χ3v) is 6.22. The summed E-state index contributed by atoms with van der Waals surface area (Å²) < 4.78 is 5.77. The number of aryl methyl sites for hydroxylation is 2. The molecule has 150 valence electrons. The summed E-state index contributed by atoms with van der Waals surface area (Å²) in [4.78, 5) is 15.1. The number of piperidine rings is 1. The summed E-state index contributed by atoms with van der Waals surface area (Å²) in [7, 11) is 0. The molecule has 0 unspecified atom stereocenters. The number of likely N-dealkylation sites (tertiary alicyclic amines) is 1. The van der Waals surface area contributed by atoms with Gasteiger partial charge in [-0.2, -0.15) is 0 Å². The van der Waals surface area contributed by atoms with Crippen LogP contribution in [0, 0.1) is 13.8 Å². The van der Waals surface area contributed by atoms with E-state index in [4.69, 9.17) is 4.74 Å². The largest absolute Gasteiger partial charge is 0.508 e. The van der Waals surface area contributed by atoms with Gasteiger partial charge in [-0.05, 0) is 75.9 Å². The molecule has 2 aliphatic rings. The van der Waals surface area contributed by atoms with Crippen LogP contribution in [-0.2, 0) is 4.79 Å². The maximum absolute atomic E-state index is 12.5. The van der Waals surface area contributed by atoms with E-state index in [2.05, 4.69) is 10.2 Å². The standard InChI is InChI=1S/C22H34N2O3/c1-17-13-19(25)14-18(2)21(17)27-15-20(26)23-16-22(9-5-3-6-10-22)24-11-7-4-8-12-24/h13-14,25H,3-12,15-16H2,1-2H3,(H,23,26). The Hall–Kier alpha value is -1.75. The Morgan fingerprint density at radius 3 is 2.30 bits per heavy atom. The summed E-state index contributed by atoms with van der Waals surface area (Å²) in [6.07, 6.45) is 10.1. The van der Waals surface area contributed by atoms with Crippen molar-refractivity contribution in [2.45, 2.75) is 70.8 Å². The van der Waals surface area contributed by atoms with E-state index in [-0.39, 0.29) is 23.8 Å². The van der Waals surface area contributed by atoms with Crippen LogP contribution in [0.25, 0.3) is 0 Å². The molecule has 5 heteroatoms. The summed E-state index contributed by atoms with van der Waals surface area (Å²) in [6, 6.07) is 3.32. The minimum Gasteiger partial charge on any atom is -0.508 e. The lowest BCUT2D eigenvalue weighted by Crippen LogP contribution is -2.58. The predicted molar refractivity (Wildman–Crippen MR) is 107 cm³/mol. The molecule has 0 atom stereocenters. The zero-order chi connectivity index (χ0) is 19.3. The van der Waals surface area contributed by atoms with Gasteiger partial charge in [0.15, 0.2) is 6.61 Å². The van der Waals surface area contributed by atoms with Gasteiger partial charge in [0, 0.05) is 12.1 Å². The second kappa shape index (κ2) is 8.96. The number of aromatic hydroxyl groups is 1. The van der Waals surface area contributed by atoms with E-state index in [1.54, 1.807) is 12.1 Å². The van der Waals surface area contributed by atoms with Crippen molar-refractivity contribution in [1.82, 2.24) is 10.2 Å². The first-order valence-corrected chi connectivity index (χ1v) is 10.4. The number of amides is 1. The molecule has 0 spiro atoms. The van der Waals surface area contributed by atoms with Gasteiger partial charge in [0.05, 0.1) is 0 Å². The van der Waals surface area contributed by atoms with Crippen molar-refractivity contribution >= 4 is 5.91 Å². The van der Waals surface area contributed by atoms with Crippen LogP contribution in [0.2, 0.25) is 0 Å². The normalized spacial score (nSPS) is 20.2. The highest BCUT2D eigenvalue weighted by atomic mass is 16.5. The molecule has 27 heavy (non-hydrogen) atoms. The van der Waals surface area contributed by atoms with Gasteiger partial charge in [-0.25, -0.2) is 0 Å². The smallest absolute Gasteiger partial charge is 0.258 e. The van der Waals surface area contributed by atoms with Gasteiger partial charge in [-0.1, -0.05) is 25.7 Å². The molecule has 5 nitrogen and oxygen atoms in total. The molecule has 0 radical (unpaired) electrons. The van der Waals surface area contributed by atoms with E-state index in [1.165, 1.54) is 51.4 Å². The molecule has 2 N–H and O–H groups in total. The van der Waals surface area contributed by atoms with Crippen molar-refractivity contribution in [3.05, 3.63) is 23.3 Å². The highest BCUT2D eigenvalue weighted by Gasteiger charge is 2.38. The number of phenolic OH excluding ortho intramolecular Hbond substituents is 1. The molecule has 1 aromatic rings. The fourth-order valence-corrected chi connectivity index (χ4v) is 4.79. The molecule has 1 aromatic carbocycles. The van der Waals surface area contributed by atoms with E-state index in [9.17, 15) is 9.90 Å². The van der Waals surface area contributed by atoms with Crippen molar-refractivity contribution in [2.24, 2.45) is 0 Å². The van der Waals surface area contributed by atoms with E-state index < -0.39 is 0 Å². The highest BCUT2D eigenvalue weighted by molar-refractivity contribution is 5.77. The fraction of sp³-hybridized carbons (Fsp3) is 0.682. The molecule has 1 amide bonds. The van der Waals surface area contributed by atoms with Crippen LogP contribution < -0.4 is 10.1 Å². The van der Waals surface area contributed by atoms with Gasteiger partial charge in [0.2, 0.25) is 0 Å². The first-order chi connectivity index (χ1) is 13.0. The second-order valence-corrected chi connectivity index (χ2v) is 8.31. The van der Waals surface area contributed by atoms with Gasteiger partial charge in [-0.3, -0.25) is 9.69 Å². The molecular weight excluding hydrogens is 340 g/mol. The average molecular weight is 375 g/mol. The van der Waals surface area contributed by atoms with Crippen LogP contribution in [0.1, 0.15) is 62.5 Å². The number of nitrogens with zero attached hydrogens (tertiary/aromatic N) is 1. The third-order valence-electron chi connectivity index (χ3n) is 6.22. The van der Waals surface area contributed by atoms with Crippen LogP contribution in [0.5, 0.6) is 11.5 Å². The first-order valence-electron chi connectivity index (χ1n) is 10.4. The molecule has 3 rings (SSSR count). The quantitative estimate of drug-likeness (QED) is 0.797. The van der Waals surface area contributed by atoms with Crippen LogP contribution >= 0.6 is 0 Å². The minimum atomic E-state index is -0.0659. The summed E-state index contributed by atoms with van der Waals surface area (Å²) in [5.74, 6) is 0.845. The van der Waals surface area contributed by atoms with Crippen LogP contribution in [0.15, 0.2) is 12.1 Å². The lowest BCUT2D eigenvalue weighted by Gasteiger charge is -2.48. The Bertz CT molecular complexity index is 624. The summed E-state index contributed by atoms with van der Waals surface area (Å²) in [5.41, 5.74) is 1.83. The highest BCUT2D eigenvalue weighted by Crippen LogP contribution is 2.35. The lowest BCUT2D eigenvalue weighted by molar-refractivity contribution is -0.124. The maximum Gasteiger partial charge on any atom is 0.258 e. The number of rotatable bonds is 6. The predicted octanol–water partition coefficient (Wildman–Crippen LogP) is 3.69. The molecule has 0 bridgehead atoms. The zero-order valence-electron chi connectivity index (χ0n) is 16.9. The van der Waals surface area contributed by atoms with Gasteiger partial charge in [0.25, 0.3) is 5.91 Å². The summed E-state index contributed by atoms with van der Waals surface area (Å²) in [6.45, 7) is 6.84. The number of benzene rings is 1. The van der Waals surface area contributed by atoms with Crippen LogP contribution in [0.4, 0.5) is 0 Å². The van der Waals surface area contributed by atoms with Crippen molar-refractivity contribution < 1.29 is 14.6 Å². The number of phenols is 1. The first kappa shape index (κ1) is 20.0. The SMILES string of the molecule is Cc1cc(O)cc(C)c1OCC(=O)NCC1(N2CCCCC2)CCCCC1.